The lowest BCUT2D eigenvalue weighted by atomic mass is 10.0. The molecule has 0 saturated heterocycles. The molecule has 0 atom stereocenters. The van der Waals surface area contributed by atoms with Crippen molar-refractivity contribution in [1.29, 1.82) is 0 Å². The maximum atomic E-state index is 13.6. The van der Waals surface area contributed by atoms with Gasteiger partial charge in [0.1, 0.15) is 5.82 Å². The van der Waals surface area contributed by atoms with Gasteiger partial charge in [-0.2, -0.15) is 0 Å². The maximum absolute atomic E-state index is 13.6. The summed E-state index contributed by atoms with van der Waals surface area (Å²) < 4.78 is 14.4. The fraction of sp³-hybridized carbons (Fsp3) is 0.0714. The van der Waals surface area contributed by atoms with Crippen LogP contribution < -0.4 is 0 Å². The van der Waals surface area contributed by atoms with Crippen molar-refractivity contribution in [3.8, 4) is 0 Å². The molecule has 0 aromatic heterocycles. The van der Waals surface area contributed by atoms with Gasteiger partial charge in [0, 0.05) is 27.0 Å². The highest BCUT2D eigenvalue weighted by Gasteiger charge is 2.13. The van der Waals surface area contributed by atoms with Crippen LogP contribution in [0.15, 0.2) is 46.9 Å². The molecule has 0 aliphatic carbocycles. The van der Waals surface area contributed by atoms with Crippen LogP contribution in [0.25, 0.3) is 0 Å². The summed E-state index contributed by atoms with van der Waals surface area (Å²) in [4.78, 5) is 12.0. The second kappa shape index (κ2) is 5.63. The Balaban J connectivity index is 2.27. The second-order valence-corrected chi connectivity index (χ2v) is 5.13. The Labute approximate surface area is 118 Å². The van der Waals surface area contributed by atoms with Gasteiger partial charge in [-0.3, -0.25) is 4.79 Å². The van der Waals surface area contributed by atoms with E-state index in [2.05, 4.69) is 15.9 Å². The lowest BCUT2D eigenvalue weighted by molar-refractivity contribution is 0.0992. The molecule has 0 amide bonds. The van der Waals surface area contributed by atoms with Gasteiger partial charge in [-0.05, 0) is 24.3 Å². The van der Waals surface area contributed by atoms with E-state index in [1.165, 1.54) is 12.1 Å². The van der Waals surface area contributed by atoms with Gasteiger partial charge in [0.2, 0.25) is 0 Å². The van der Waals surface area contributed by atoms with E-state index in [9.17, 15) is 9.18 Å². The number of rotatable bonds is 3. The molecule has 2 aromatic rings. The Morgan fingerprint density at radius 2 is 1.94 bits per heavy atom. The molecule has 0 radical (unpaired) electrons. The van der Waals surface area contributed by atoms with Gasteiger partial charge in [0.15, 0.2) is 5.78 Å². The molecule has 2 aromatic carbocycles. The normalized spacial score (nSPS) is 10.4. The van der Waals surface area contributed by atoms with Crippen LogP contribution in [-0.4, -0.2) is 5.78 Å². The summed E-state index contributed by atoms with van der Waals surface area (Å²) in [7, 11) is 0. The van der Waals surface area contributed by atoms with Crippen LogP contribution >= 0.6 is 27.5 Å². The number of benzene rings is 2. The average molecular weight is 328 g/mol. The quantitative estimate of drug-likeness (QED) is 0.749. The minimum absolute atomic E-state index is 0.0397. The number of hydrogen-bond donors (Lipinski definition) is 0. The van der Waals surface area contributed by atoms with E-state index in [0.29, 0.717) is 5.56 Å². The molecule has 0 heterocycles. The maximum Gasteiger partial charge on any atom is 0.167 e. The number of hydrogen-bond acceptors (Lipinski definition) is 1. The van der Waals surface area contributed by atoms with Crippen molar-refractivity contribution in [3.63, 3.8) is 0 Å². The summed E-state index contributed by atoms with van der Waals surface area (Å²) >= 11 is 9.18. The summed E-state index contributed by atoms with van der Waals surface area (Å²) in [5, 5.41) is 0.276. The van der Waals surface area contributed by atoms with Gasteiger partial charge < -0.3 is 0 Å². The molecule has 0 unspecified atom stereocenters. The fourth-order valence-electron chi connectivity index (χ4n) is 1.63. The summed E-state index contributed by atoms with van der Waals surface area (Å²) in [6.07, 6.45) is -0.0397. The van der Waals surface area contributed by atoms with E-state index in [1.54, 1.807) is 24.3 Å². The first-order valence-corrected chi connectivity index (χ1v) is 6.46. The Morgan fingerprint density at radius 3 is 2.61 bits per heavy atom. The summed E-state index contributed by atoms with van der Waals surface area (Å²) in [5.41, 5.74) is 0.771. The van der Waals surface area contributed by atoms with Gasteiger partial charge in [0.05, 0.1) is 0 Å². The topological polar surface area (TPSA) is 17.1 Å². The van der Waals surface area contributed by atoms with Crippen LogP contribution in [0.2, 0.25) is 5.02 Å². The van der Waals surface area contributed by atoms with E-state index in [-0.39, 0.29) is 22.8 Å². The average Bonchev–Trinajstić information content (AvgIpc) is 2.34. The Hall–Kier alpha value is -1.19. The molecule has 18 heavy (non-hydrogen) atoms. The molecule has 1 nitrogen and oxygen atoms in total. The molecular formula is C14H9BrClFO. The summed E-state index contributed by atoms with van der Waals surface area (Å²) in [5.74, 6) is -0.617. The molecule has 0 fully saturated rings. The third kappa shape index (κ3) is 2.98. The molecule has 0 aliphatic rings. The van der Waals surface area contributed by atoms with Crippen LogP contribution in [0.3, 0.4) is 0 Å². The Kier molecular flexibility index (Phi) is 4.15. The van der Waals surface area contributed by atoms with Crippen molar-refractivity contribution in [2.45, 2.75) is 6.42 Å². The third-order valence-electron chi connectivity index (χ3n) is 2.55. The van der Waals surface area contributed by atoms with E-state index < -0.39 is 5.82 Å². The molecule has 92 valence electrons. The predicted octanol–water partition coefficient (Wildman–Crippen LogP) is 4.67. The van der Waals surface area contributed by atoms with E-state index in [0.717, 1.165) is 4.47 Å². The first kappa shape index (κ1) is 13.2. The van der Waals surface area contributed by atoms with Crippen LogP contribution in [0, 0.1) is 5.82 Å². The van der Waals surface area contributed by atoms with Crippen molar-refractivity contribution in [1.82, 2.24) is 0 Å². The third-order valence-corrected chi connectivity index (χ3v) is 3.39. The van der Waals surface area contributed by atoms with Gasteiger partial charge in [-0.15, -0.1) is 0 Å². The first-order valence-electron chi connectivity index (χ1n) is 5.29. The van der Waals surface area contributed by atoms with E-state index in [4.69, 9.17) is 11.6 Å². The molecule has 0 saturated carbocycles. The molecule has 0 bridgehead atoms. The second-order valence-electron chi connectivity index (χ2n) is 3.81. The highest BCUT2D eigenvalue weighted by molar-refractivity contribution is 9.10. The molecule has 0 aliphatic heterocycles. The van der Waals surface area contributed by atoms with Crippen molar-refractivity contribution >= 4 is 33.3 Å². The molecule has 0 N–H and O–H groups in total. The first-order chi connectivity index (χ1) is 8.58. The van der Waals surface area contributed by atoms with E-state index in [1.807, 2.05) is 6.07 Å². The molecular weight excluding hydrogens is 319 g/mol. The minimum Gasteiger partial charge on any atom is -0.294 e. The van der Waals surface area contributed by atoms with Crippen LogP contribution in [-0.2, 0) is 6.42 Å². The van der Waals surface area contributed by atoms with Crippen LogP contribution in [0.1, 0.15) is 15.9 Å². The summed E-state index contributed by atoms with van der Waals surface area (Å²) in [6, 6.07) is 11.4. The Morgan fingerprint density at radius 1 is 1.22 bits per heavy atom. The minimum atomic E-state index is -0.453. The van der Waals surface area contributed by atoms with E-state index >= 15 is 0 Å². The number of ketones is 1. The zero-order chi connectivity index (χ0) is 13.1. The van der Waals surface area contributed by atoms with Gasteiger partial charge in [-0.25, -0.2) is 4.39 Å². The lowest BCUT2D eigenvalue weighted by Crippen LogP contribution is -2.05. The predicted molar refractivity (Wildman–Crippen MR) is 73.6 cm³/mol. The van der Waals surface area contributed by atoms with Gasteiger partial charge >= 0.3 is 0 Å². The van der Waals surface area contributed by atoms with Crippen molar-refractivity contribution in [3.05, 3.63) is 68.9 Å². The van der Waals surface area contributed by atoms with Crippen molar-refractivity contribution < 1.29 is 9.18 Å². The van der Waals surface area contributed by atoms with Gasteiger partial charge in [-0.1, -0.05) is 45.7 Å². The summed E-state index contributed by atoms with van der Waals surface area (Å²) in [6.45, 7) is 0. The zero-order valence-electron chi connectivity index (χ0n) is 9.29. The molecule has 0 spiro atoms. The van der Waals surface area contributed by atoms with Crippen molar-refractivity contribution in [2.75, 3.05) is 0 Å². The SMILES string of the molecule is O=C(Cc1c(F)cccc1Cl)c1cccc(Br)c1. The van der Waals surface area contributed by atoms with Crippen molar-refractivity contribution in [2.24, 2.45) is 0 Å². The largest absolute Gasteiger partial charge is 0.294 e. The lowest BCUT2D eigenvalue weighted by Gasteiger charge is -2.05. The molecule has 4 heteroatoms. The smallest absolute Gasteiger partial charge is 0.167 e. The highest BCUT2D eigenvalue weighted by Crippen LogP contribution is 2.21. The standard InChI is InChI=1S/C14H9BrClFO/c15-10-4-1-3-9(7-10)14(18)8-11-12(16)5-2-6-13(11)17/h1-7H,8H2. The number of halogens is 3. The fourth-order valence-corrected chi connectivity index (χ4v) is 2.25. The van der Waals surface area contributed by atoms with Crippen LogP contribution in [0.4, 0.5) is 4.39 Å². The number of carbonyl (C=O) groups excluding carboxylic acids is 1. The van der Waals surface area contributed by atoms with Gasteiger partial charge in [0.25, 0.3) is 0 Å². The number of carbonyl (C=O) groups is 1. The zero-order valence-corrected chi connectivity index (χ0v) is 11.6. The Bertz CT molecular complexity index is 578. The highest BCUT2D eigenvalue weighted by atomic mass is 79.9. The molecule has 2 rings (SSSR count). The number of Topliss-reactive ketones (excluding diaryl/α,β-unsaturated/α-hetero) is 1. The van der Waals surface area contributed by atoms with Crippen LogP contribution in [0.5, 0.6) is 0 Å². The monoisotopic (exact) mass is 326 g/mol.